The first-order valence-corrected chi connectivity index (χ1v) is 11.9. The van der Waals surface area contributed by atoms with Gasteiger partial charge in [-0.25, -0.2) is 9.37 Å². The number of amides is 2. The minimum Gasteiger partial charge on any atom is -0.454 e. The summed E-state index contributed by atoms with van der Waals surface area (Å²) in [4.78, 5) is 31.6. The third-order valence-corrected chi connectivity index (χ3v) is 6.33. The van der Waals surface area contributed by atoms with E-state index >= 15 is 0 Å². The van der Waals surface area contributed by atoms with Crippen molar-refractivity contribution < 1.29 is 23.5 Å². The molecule has 2 amide bonds. The number of aromatic nitrogens is 1. The Balaban J connectivity index is 1.36. The quantitative estimate of drug-likeness (QED) is 0.436. The highest BCUT2D eigenvalue weighted by atomic mass is 32.2. The van der Waals surface area contributed by atoms with Crippen molar-refractivity contribution in [3.63, 3.8) is 0 Å². The lowest BCUT2D eigenvalue weighted by atomic mass is 10.1. The molecule has 8 nitrogen and oxygen atoms in total. The van der Waals surface area contributed by atoms with Crippen molar-refractivity contribution in [1.82, 2.24) is 15.2 Å². The number of rotatable bonds is 9. The number of thioether (sulfide) groups is 1. The predicted octanol–water partition coefficient (Wildman–Crippen LogP) is 3.71. The van der Waals surface area contributed by atoms with E-state index in [0.717, 1.165) is 5.56 Å². The number of halogens is 1. The molecule has 10 heteroatoms. The van der Waals surface area contributed by atoms with Gasteiger partial charge in [-0.15, -0.1) is 0 Å². The molecule has 0 bridgehead atoms. The summed E-state index contributed by atoms with van der Waals surface area (Å²) >= 11 is 1.17. The van der Waals surface area contributed by atoms with Gasteiger partial charge in [0, 0.05) is 24.5 Å². The maximum atomic E-state index is 13.7. The summed E-state index contributed by atoms with van der Waals surface area (Å²) in [6.07, 6.45) is 1.57. The maximum Gasteiger partial charge on any atom is 0.254 e. The molecule has 1 aliphatic rings. The summed E-state index contributed by atoms with van der Waals surface area (Å²) < 4.78 is 24.3. The SMILES string of the molecule is CN(C)C(CNC(=O)c1cccnc1SCC(=O)Nc1ccc2c(c1)OCO2)c1cccc(F)c1. The summed E-state index contributed by atoms with van der Waals surface area (Å²) in [5.41, 5.74) is 1.72. The van der Waals surface area contributed by atoms with Crippen LogP contribution in [0.5, 0.6) is 11.5 Å². The van der Waals surface area contributed by atoms with Crippen LogP contribution in [0.3, 0.4) is 0 Å². The number of carbonyl (C=O) groups excluding carboxylic acids is 2. The minimum atomic E-state index is -0.328. The van der Waals surface area contributed by atoms with Crippen LogP contribution in [0.25, 0.3) is 0 Å². The lowest BCUT2D eigenvalue weighted by Gasteiger charge is -2.25. The Morgan fingerprint density at radius 3 is 2.74 bits per heavy atom. The Kier molecular flexibility index (Phi) is 7.84. The van der Waals surface area contributed by atoms with Gasteiger partial charge >= 0.3 is 0 Å². The molecule has 0 aliphatic carbocycles. The van der Waals surface area contributed by atoms with Crippen molar-refractivity contribution in [2.45, 2.75) is 11.1 Å². The average Bonchev–Trinajstić information content (AvgIpc) is 3.31. The lowest BCUT2D eigenvalue weighted by molar-refractivity contribution is -0.113. The fourth-order valence-electron chi connectivity index (χ4n) is 3.58. The van der Waals surface area contributed by atoms with E-state index in [0.29, 0.717) is 27.8 Å². The molecule has 1 unspecified atom stereocenters. The van der Waals surface area contributed by atoms with Gasteiger partial charge in [-0.2, -0.15) is 0 Å². The van der Waals surface area contributed by atoms with Gasteiger partial charge in [-0.1, -0.05) is 23.9 Å². The first kappa shape index (κ1) is 24.5. The number of ether oxygens (including phenoxy) is 2. The third-order valence-electron chi connectivity index (χ3n) is 5.32. The predicted molar refractivity (Wildman–Crippen MR) is 131 cm³/mol. The molecule has 1 aromatic heterocycles. The van der Waals surface area contributed by atoms with Gasteiger partial charge in [0.1, 0.15) is 10.8 Å². The summed E-state index contributed by atoms with van der Waals surface area (Å²) in [5.74, 6) is 0.383. The monoisotopic (exact) mass is 496 g/mol. The van der Waals surface area contributed by atoms with E-state index in [9.17, 15) is 14.0 Å². The Bertz CT molecular complexity index is 1220. The van der Waals surface area contributed by atoms with Gasteiger partial charge in [0.05, 0.1) is 17.4 Å². The van der Waals surface area contributed by atoms with Crippen molar-refractivity contribution in [3.05, 3.63) is 77.7 Å². The van der Waals surface area contributed by atoms with Crippen LogP contribution >= 0.6 is 11.8 Å². The summed E-state index contributed by atoms with van der Waals surface area (Å²) in [5, 5.41) is 6.16. The molecule has 0 saturated heterocycles. The molecule has 35 heavy (non-hydrogen) atoms. The van der Waals surface area contributed by atoms with Crippen molar-refractivity contribution in [2.24, 2.45) is 0 Å². The molecular formula is C25H25FN4O4S. The Morgan fingerprint density at radius 2 is 1.94 bits per heavy atom. The fraction of sp³-hybridized carbons (Fsp3) is 0.240. The molecule has 4 rings (SSSR count). The van der Waals surface area contributed by atoms with E-state index in [1.807, 2.05) is 25.1 Å². The van der Waals surface area contributed by atoms with Gasteiger partial charge in [-0.3, -0.25) is 9.59 Å². The largest absolute Gasteiger partial charge is 0.454 e. The number of carbonyl (C=O) groups is 2. The van der Waals surface area contributed by atoms with Crippen LogP contribution in [0.15, 0.2) is 65.8 Å². The first-order chi connectivity index (χ1) is 16.9. The highest BCUT2D eigenvalue weighted by Crippen LogP contribution is 2.34. The van der Waals surface area contributed by atoms with Crippen LogP contribution < -0.4 is 20.1 Å². The summed E-state index contributed by atoms with van der Waals surface area (Å²) in [7, 11) is 3.73. The standard InChI is InChI=1S/C25H25FN4O4S/c1-30(2)20(16-5-3-6-17(26)11-16)13-28-24(32)19-7-4-10-27-25(19)35-14-23(31)29-18-8-9-21-22(12-18)34-15-33-21/h3-12,20H,13-15H2,1-2H3,(H,28,32)(H,29,31). The highest BCUT2D eigenvalue weighted by molar-refractivity contribution is 8.00. The van der Waals surface area contributed by atoms with Crippen LogP contribution in [-0.2, 0) is 4.79 Å². The normalized spacial score (nSPS) is 12.9. The van der Waals surface area contributed by atoms with Crippen LogP contribution in [0.2, 0.25) is 0 Å². The van der Waals surface area contributed by atoms with Crippen molar-refractivity contribution >= 4 is 29.3 Å². The molecule has 0 fully saturated rings. The lowest BCUT2D eigenvalue weighted by Crippen LogP contribution is -2.35. The third kappa shape index (κ3) is 6.28. The van der Waals surface area contributed by atoms with Crippen LogP contribution in [0.4, 0.5) is 10.1 Å². The summed E-state index contributed by atoms with van der Waals surface area (Å²) in [6, 6.07) is 14.6. The van der Waals surface area contributed by atoms with E-state index < -0.39 is 0 Å². The Hall–Kier alpha value is -3.63. The Labute approximate surface area is 206 Å². The molecule has 3 aromatic rings. The number of hydrogen-bond acceptors (Lipinski definition) is 7. The first-order valence-electron chi connectivity index (χ1n) is 10.9. The zero-order valence-corrected chi connectivity index (χ0v) is 20.1. The molecule has 2 N–H and O–H groups in total. The number of nitrogens with one attached hydrogen (secondary N) is 2. The van der Waals surface area contributed by atoms with Crippen LogP contribution in [0, 0.1) is 5.82 Å². The zero-order valence-electron chi connectivity index (χ0n) is 19.3. The van der Waals surface area contributed by atoms with Crippen molar-refractivity contribution in [2.75, 3.05) is 38.5 Å². The molecule has 1 atom stereocenters. The Morgan fingerprint density at radius 1 is 1.11 bits per heavy atom. The van der Waals surface area contributed by atoms with E-state index in [4.69, 9.17) is 9.47 Å². The van der Waals surface area contributed by atoms with Crippen LogP contribution in [0.1, 0.15) is 22.0 Å². The second-order valence-electron chi connectivity index (χ2n) is 8.01. The van der Waals surface area contributed by atoms with Gasteiger partial charge in [0.2, 0.25) is 12.7 Å². The number of nitrogens with zero attached hydrogens (tertiary/aromatic N) is 2. The number of hydrogen-bond donors (Lipinski definition) is 2. The van der Waals surface area contributed by atoms with E-state index in [1.54, 1.807) is 42.6 Å². The van der Waals surface area contributed by atoms with Gasteiger partial charge < -0.3 is 25.0 Å². The highest BCUT2D eigenvalue weighted by Gasteiger charge is 2.19. The van der Waals surface area contributed by atoms with Crippen molar-refractivity contribution in [3.8, 4) is 11.5 Å². The molecular weight excluding hydrogens is 471 g/mol. The second-order valence-corrected chi connectivity index (χ2v) is 8.97. The maximum absolute atomic E-state index is 13.7. The van der Waals surface area contributed by atoms with Gasteiger partial charge in [-0.05, 0) is 56.1 Å². The van der Waals surface area contributed by atoms with E-state index in [-0.39, 0.29) is 42.8 Å². The molecule has 0 spiro atoms. The number of pyridine rings is 1. The molecule has 0 radical (unpaired) electrons. The van der Waals surface area contributed by atoms with Gasteiger partial charge in [0.15, 0.2) is 11.5 Å². The van der Waals surface area contributed by atoms with E-state index in [1.165, 1.54) is 23.9 Å². The smallest absolute Gasteiger partial charge is 0.254 e. The van der Waals surface area contributed by atoms with Crippen LogP contribution in [-0.4, -0.2) is 54.9 Å². The molecule has 0 saturated carbocycles. The van der Waals surface area contributed by atoms with Gasteiger partial charge in [0.25, 0.3) is 5.91 Å². The second kappa shape index (κ2) is 11.2. The molecule has 1 aliphatic heterocycles. The minimum absolute atomic E-state index is 0.0648. The molecule has 2 aromatic carbocycles. The number of benzene rings is 2. The number of fused-ring (bicyclic) bond motifs is 1. The fourth-order valence-corrected chi connectivity index (χ4v) is 4.37. The number of anilines is 1. The van der Waals surface area contributed by atoms with E-state index in [2.05, 4.69) is 15.6 Å². The molecule has 182 valence electrons. The average molecular weight is 497 g/mol. The topological polar surface area (TPSA) is 92.8 Å². The zero-order chi connectivity index (χ0) is 24.8. The summed E-state index contributed by atoms with van der Waals surface area (Å²) in [6.45, 7) is 0.434. The molecule has 2 heterocycles. The number of likely N-dealkylation sites (N-methyl/N-ethyl adjacent to an activating group) is 1. The van der Waals surface area contributed by atoms with Crippen molar-refractivity contribution in [1.29, 1.82) is 0 Å².